The third kappa shape index (κ3) is 3.60. The predicted octanol–water partition coefficient (Wildman–Crippen LogP) is 5.85. The molecule has 0 aliphatic carbocycles. The molecule has 0 spiro atoms. The maximum absolute atomic E-state index is 13.7. The third-order valence-electron chi connectivity index (χ3n) is 3.01. The van der Waals surface area contributed by atoms with Crippen LogP contribution in [-0.2, 0) is 0 Å². The number of hydrogen-bond acceptors (Lipinski definition) is 2. The Kier molecular flexibility index (Phi) is 5.68. The number of methoxy groups -OCH3 is 2. The summed E-state index contributed by atoms with van der Waals surface area (Å²) in [5.74, 6) is 1.07. The van der Waals surface area contributed by atoms with E-state index in [1.807, 2.05) is 18.2 Å². The van der Waals surface area contributed by atoms with Gasteiger partial charge in [0.2, 0.25) is 0 Å². The minimum absolute atomic E-state index is 0.211. The first-order valence-electron chi connectivity index (χ1n) is 5.98. The van der Waals surface area contributed by atoms with E-state index in [0.29, 0.717) is 16.0 Å². The van der Waals surface area contributed by atoms with Crippen LogP contribution in [0.4, 0.5) is 4.39 Å². The van der Waals surface area contributed by atoms with Crippen LogP contribution in [0, 0.1) is 5.82 Å². The lowest BCUT2D eigenvalue weighted by Gasteiger charge is -2.17. The van der Waals surface area contributed by atoms with Crippen molar-refractivity contribution in [3.8, 4) is 11.5 Å². The zero-order valence-electron chi connectivity index (χ0n) is 11.3. The van der Waals surface area contributed by atoms with Gasteiger partial charge in [-0.3, -0.25) is 0 Å². The maximum atomic E-state index is 13.7. The lowest BCUT2D eigenvalue weighted by molar-refractivity contribution is 0.397. The van der Waals surface area contributed by atoms with Crippen molar-refractivity contribution in [3.05, 3.63) is 56.2 Å². The van der Waals surface area contributed by atoms with Gasteiger partial charge in [0.25, 0.3) is 0 Å². The molecule has 6 heteroatoms. The van der Waals surface area contributed by atoms with Gasteiger partial charge in [0.05, 0.1) is 28.0 Å². The summed E-state index contributed by atoms with van der Waals surface area (Å²) in [4.78, 5) is -0.211. The van der Waals surface area contributed by atoms with Gasteiger partial charge in [0, 0.05) is 5.56 Å². The standard InChI is InChI=1S/C15H12Br3FO2/c1-20-13-7-11(17)14(21-2)6-9(13)15(18)8-3-4-10(16)12(19)5-8/h3-7,15H,1-2H3. The minimum Gasteiger partial charge on any atom is -0.496 e. The Bertz CT molecular complexity index is 662. The number of rotatable bonds is 4. The van der Waals surface area contributed by atoms with Gasteiger partial charge in [-0.05, 0) is 61.7 Å². The van der Waals surface area contributed by atoms with Crippen LogP contribution < -0.4 is 9.47 Å². The van der Waals surface area contributed by atoms with Crippen molar-refractivity contribution in [1.29, 1.82) is 0 Å². The van der Waals surface area contributed by atoms with E-state index < -0.39 is 0 Å². The monoisotopic (exact) mass is 480 g/mol. The van der Waals surface area contributed by atoms with Crippen molar-refractivity contribution in [3.63, 3.8) is 0 Å². The molecule has 1 atom stereocenters. The zero-order chi connectivity index (χ0) is 15.6. The van der Waals surface area contributed by atoms with Crippen molar-refractivity contribution in [2.45, 2.75) is 4.83 Å². The number of benzene rings is 2. The lowest BCUT2D eigenvalue weighted by Crippen LogP contribution is -1.99. The first kappa shape index (κ1) is 16.8. The van der Waals surface area contributed by atoms with Gasteiger partial charge in [0.15, 0.2) is 0 Å². The third-order valence-corrected chi connectivity index (χ3v) is 5.30. The van der Waals surface area contributed by atoms with Crippen LogP contribution in [0.1, 0.15) is 16.0 Å². The van der Waals surface area contributed by atoms with E-state index in [4.69, 9.17) is 9.47 Å². The predicted molar refractivity (Wildman–Crippen MR) is 92.1 cm³/mol. The summed E-state index contributed by atoms with van der Waals surface area (Å²) in [6.45, 7) is 0. The molecule has 0 saturated carbocycles. The Morgan fingerprint density at radius 1 is 0.952 bits per heavy atom. The zero-order valence-corrected chi connectivity index (χ0v) is 16.1. The second kappa shape index (κ2) is 7.11. The Morgan fingerprint density at radius 3 is 2.19 bits per heavy atom. The second-order valence-corrected chi connectivity index (χ2v) is 6.89. The van der Waals surface area contributed by atoms with Gasteiger partial charge in [-0.1, -0.05) is 22.0 Å². The smallest absolute Gasteiger partial charge is 0.137 e. The van der Waals surface area contributed by atoms with Gasteiger partial charge in [-0.2, -0.15) is 0 Å². The molecule has 0 heterocycles. The van der Waals surface area contributed by atoms with Crippen LogP contribution in [-0.4, -0.2) is 14.2 Å². The summed E-state index contributed by atoms with van der Waals surface area (Å²) >= 11 is 10.2. The Morgan fingerprint density at radius 2 is 1.62 bits per heavy atom. The minimum atomic E-state index is -0.306. The van der Waals surface area contributed by atoms with Crippen LogP contribution in [0.15, 0.2) is 39.3 Å². The molecule has 21 heavy (non-hydrogen) atoms. The normalized spacial score (nSPS) is 12.1. The molecule has 112 valence electrons. The Balaban J connectivity index is 2.50. The molecular weight excluding hydrogens is 471 g/mol. The van der Waals surface area contributed by atoms with E-state index in [0.717, 1.165) is 15.6 Å². The number of alkyl halides is 1. The molecule has 1 unspecified atom stereocenters. The van der Waals surface area contributed by atoms with E-state index in [1.165, 1.54) is 6.07 Å². The maximum Gasteiger partial charge on any atom is 0.137 e. The fourth-order valence-corrected chi connectivity index (χ4v) is 3.31. The molecule has 0 saturated heterocycles. The molecule has 0 amide bonds. The Labute approximate surface area is 148 Å². The largest absolute Gasteiger partial charge is 0.496 e. The molecule has 0 N–H and O–H groups in total. The van der Waals surface area contributed by atoms with Gasteiger partial charge in [-0.25, -0.2) is 4.39 Å². The van der Waals surface area contributed by atoms with Crippen LogP contribution in [0.2, 0.25) is 0 Å². The van der Waals surface area contributed by atoms with Crippen LogP contribution in [0.25, 0.3) is 0 Å². The first-order chi connectivity index (χ1) is 9.97. The summed E-state index contributed by atoms with van der Waals surface area (Å²) in [6, 6.07) is 8.71. The molecule has 0 fully saturated rings. The molecule has 2 aromatic rings. The van der Waals surface area contributed by atoms with E-state index >= 15 is 0 Å². The molecule has 0 aliphatic rings. The molecule has 0 bridgehead atoms. The molecule has 0 aromatic heterocycles. The van der Waals surface area contributed by atoms with Crippen LogP contribution in [0.5, 0.6) is 11.5 Å². The molecule has 0 aliphatic heterocycles. The average molecular weight is 483 g/mol. The van der Waals surface area contributed by atoms with E-state index in [2.05, 4.69) is 47.8 Å². The van der Waals surface area contributed by atoms with Gasteiger partial charge in [0.1, 0.15) is 17.3 Å². The Hall–Kier alpha value is -0.590. The summed E-state index contributed by atoms with van der Waals surface area (Å²) in [7, 11) is 3.19. The average Bonchev–Trinajstić information content (AvgIpc) is 2.49. The van der Waals surface area contributed by atoms with Gasteiger partial charge in [-0.15, -0.1) is 0 Å². The highest BCUT2D eigenvalue weighted by atomic mass is 79.9. The SMILES string of the molecule is COc1cc(C(Br)c2ccc(Br)c(F)c2)c(OC)cc1Br. The van der Waals surface area contributed by atoms with E-state index in [-0.39, 0.29) is 10.6 Å². The first-order valence-corrected chi connectivity index (χ1v) is 8.48. The quantitative estimate of drug-likeness (QED) is 0.509. The molecule has 2 aromatic carbocycles. The highest BCUT2D eigenvalue weighted by Crippen LogP contribution is 2.42. The molecule has 0 radical (unpaired) electrons. The fraction of sp³-hybridized carbons (Fsp3) is 0.200. The van der Waals surface area contributed by atoms with Crippen molar-refractivity contribution < 1.29 is 13.9 Å². The lowest BCUT2D eigenvalue weighted by atomic mass is 10.0. The summed E-state index contributed by atoms with van der Waals surface area (Å²) < 4.78 is 25.7. The molecule has 2 nitrogen and oxygen atoms in total. The number of halogens is 4. The summed E-state index contributed by atoms with van der Waals surface area (Å²) in [5, 5.41) is 0. The fourth-order valence-electron chi connectivity index (χ4n) is 1.93. The number of ether oxygens (including phenoxy) is 2. The highest BCUT2D eigenvalue weighted by Gasteiger charge is 2.19. The van der Waals surface area contributed by atoms with Crippen molar-refractivity contribution in [2.75, 3.05) is 14.2 Å². The highest BCUT2D eigenvalue weighted by molar-refractivity contribution is 9.11. The molecule has 2 rings (SSSR count). The topological polar surface area (TPSA) is 18.5 Å². The second-order valence-electron chi connectivity index (χ2n) is 4.26. The van der Waals surface area contributed by atoms with Crippen molar-refractivity contribution in [2.24, 2.45) is 0 Å². The van der Waals surface area contributed by atoms with Crippen LogP contribution >= 0.6 is 47.8 Å². The van der Waals surface area contributed by atoms with Gasteiger partial charge < -0.3 is 9.47 Å². The van der Waals surface area contributed by atoms with Gasteiger partial charge >= 0.3 is 0 Å². The van der Waals surface area contributed by atoms with Crippen LogP contribution in [0.3, 0.4) is 0 Å². The van der Waals surface area contributed by atoms with E-state index in [9.17, 15) is 4.39 Å². The summed E-state index contributed by atoms with van der Waals surface area (Å²) in [5.41, 5.74) is 1.65. The van der Waals surface area contributed by atoms with E-state index in [1.54, 1.807) is 20.3 Å². The van der Waals surface area contributed by atoms with Crippen molar-refractivity contribution >= 4 is 47.8 Å². The summed E-state index contributed by atoms with van der Waals surface area (Å²) in [6.07, 6.45) is 0. The molecular formula is C15H12Br3FO2. The van der Waals surface area contributed by atoms with Crippen molar-refractivity contribution in [1.82, 2.24) is 0 Å². The number of hydrogen-bond donors (Lipinski definition) is 0.